The molecule has 1 heterocycles. The summed E-state index contributed by atoms with van der Waals surface area (Å²) in [6.45, 7) is 0. The summed E-state index contributed by atoms with van der Waals surface area (Å²) in [5, 5.41) is 0. The molecule has 0 bridgehead atoms. The van der Waals surface area contributed by atoms with Gasteiger partial charge in [-0.05, 0) is 12.3 Å². The van der Waals surface area contributed by atoms with Gasteiger partial charge >= 0.3 is 0 Å². The van der Waals surface area contributed by atoms with E-state index >= 15 is 0 Å². The minimum Gasteiger partial charge on any atom is -0.392 e. The number of aromatic nitrogens is 1. The minimum absolute atomic E-state index is 0.347. The van der Waals surface area contributed by atoms with Gasteiger partial charge in [0.2, 0.25) is 0 Å². The van der Waals surface area contributed by atoms with Crippen LogP contribution in [0.25, 0.3) is 0 Å². The van der Waals surface area contributed by atoms with E-state index < -0.39 is 0 Å². The standard InChI is InChI=1S/C20H33BN/c1-22-16-8-15-20(22)21(17-9-2-3-10-17,18-11-4-5-12-18)19-13-6-7-14-19/h8,15-19H,2-7,9-14H2,1H3/q-1. The fraction of sp³-hybridized carbons (Fsp3) is 0.800. The Morgan fingerprint density at radius 1 is 0.773 bits per heavy atom. The third kappa shape index (κ3) is 2.20. The van der Waals surface area contributed by atoms with E-state index in [1.165, 1.54) is 77.0 Å². The topological polar surface area (TPSA) is 4.93 Å². The summed E-state index contributed by atoms with van der Waals surface area (Å²) in [4.78, 5) is 0. The Morgan fingerprint density at radius 2 is 1.18 bits per heavy atom. The van der Waals surface area contributed by atoms with Gasteiger partial charge in [0.25, 0.3) is 0 Å². The van der Waals surface area contributed by atoms with E-state index in [0.717, 1.165) is 17.5 Å². The summed E-state index contributed by atoms with van der Waals surface area (Å²) in [6, 6.07) is 4.85. The Kier molecular flexibility index (Phi) is 4.13. The predicted octanol–water partition coefficient (Wildman–Crippen LogP) is 5.51. The maximum Gasteiger partial charge on any atom is 0.0558 e. The van der Waals surface area contributed by atoms with E-state index in [1.807, 2.05) is 0 Å². The Hall–Kier alpha value is -0.655. The van der Waals surface area contributed by atoms with Gasteiger partial charge in [-0.15, -0.1) is 5.59 Å². The van der Waals surface area contributed by atoms with Crippen LogP contribution in [0.2, 0.25) is 17.5 Å². The lowest BCUT2D eigenvalue weighted by atomic mass is 9.06. The summed E-state index contributed by atoms with van der Waals surface area (Å²) in [5.41, 5.74) is 1.77. The molecule has 0 unspecified atom stereocenters. The van der Waals surface area contributed by atoms with Crippen LogP contribution in [0.3, 0.4) is 0 Å². The summed E-state index contributed by atoms with van der Waals surface area (Å²) < 4.78 is 2.52. The third-order valence-corrected chi connectivity index (χ3v) is 8.04. The van der Waals surface area contributed by atoms with Crippen LogP contribution in [0.4, 0.5) is 0 Å². The maximum atomic E-state index is 2.52. The van der Waals surface area contributed by atoms with E-state index in [4.69, 9.17) is 0 Å². The van der Waals surface area contributed by atoms with Crippen molar-refractivity contribution in [2.24, 2.45) is 7.05 Å². The first-order valence-electron chi connectivity index (χ1n) is 10.1. The predicted molar refractivity (Wildman–Crippen MR) is 97.5 cm³/mol. The molecule has 4 rings (SSSR count). The van der Waals surface area contributed by atoms with Gasteiger partial charge in [-0.3, -0.25) is 0 Å². The minimum atomic E-state index is -0.347. The maximum absolute atomic E-state index is 2.52. The zero-order valence-corrected chi connectivity index (χ0v) is 14.5. The Balaban J connectivity index is 1.84. The normalized spacial score (nSPS) is 25.5. The second-order valence-electron chi connectivity index (χ2n) is 8.75. The van der Waals surface area contributed by atoms with Crippen molar-refractivity contribution in [3.8, 4) is 0 Å². The van der Waals surface area contributed by atoms with Gasteiger partial charge in [0.05, 0.1) is 6.15 Å². The van der Waals surface area contributed by atoms with E-state index in [1.54, 1.807) is 5.59 Å². The number of hydrogen-bond donors (Lipinski definition) is 0. The molecule has 122 valence electrons. The molecule has 3 aliphatic carbocycles. The van der Waals surface area contributed by atoms with E-state index in [-0.39, 0.29) is 6.15 Å². The molecule has 0 radical (unpaired) electrons. The lowest BCUT2D eigenvalue weighted by Gasteiger charge is -2.56. The van der Waals surface area contributed by atoms with Gasteiger partial charge < -0.3 is 4.57 Å². The van der Waals surface area contributed by atoms with Crippen LogP contribution in [0, 0.1) is 0 Å². The quantitative estimate of drug-likeness (QED) is 0.646. The van der Waals surface area contributed by atoms with Crippen LogP contribution in [0.15, 0.2) is 18.3 Å². The highest BCUT2D eigenvalue weighted by molar-refractivity contribution is 6.95. The molecule has 0 aromatic carbocycles. The van der Waals surface area contributed by atoms with Crippen LogP contribution in [-0.2, 0) is 7.05 Å². The smallest absolute Gasteiger partial charge is 0.0558 e. The molecule has 0 spiro atoms. The molecule has 1 aromatic heterocycles. The van der Waals surface area contributed by atoms with E-state index in [2.05, 4.69) is 29.9 Å². The molecular formula is C20H33BN-. The van der Waals surface area contributed by atoms with E-state index in [9.17, 15) is 0 Å². The lowest BCUT2D eigenvalue weighted by Crippen LogP contribution is -2.60. The molecule has 1 aromatic rings. The summed E-state index contributed by atoms with van der Waals surface area (Å²) in [5.74, 6) is 3.08. The molecule has 1 nitrogen and oxygen atoms in total. The molecule has 0 amide bonds. The molecule has 0 aliphatic heterocycles. The molecule has 2 heteroatoms. The van der Waals surface area contributed by atoms with Gasteiger partial charge in [0.1, 0.15) is 0 Å². The fourth-order valence-electron chi connectivity index (χ4n) is 7.40. The van der Waals surface area contributed by atoms with Crippen molar-refractivity contribution >= 4 is 11.7 Å². The number of rotatable bonds is 4. The van der Waals surface area contributed by atoms with Gasteiger partial charge in [0.15, 0.2) is 0 Å². The molecule has 0 saturated heterocycles. The SMILES string of the molecule is Cn1cccc1[B-](C1CCCC1)(C1CCCC1)C1CCCC1. The van der Waals surface area contributed by atoms with Crippen LogP contribution < -0.4 is 5.59 Å². The van der Waals surface area contributed by atoms with Crippen molar-refractivity contribution in [2.75, 3.05) is 0 Å². The highest BCUT2D eigenvalue weighted by Gasteiger charge is 2.48. The summed E-state index contributed by atoms with van der Waals surface area (Å²) in [7, 11) is 2.32. The Morgan fingerprint density at radius 3 is 1.50 bits per heavy atom. The summed E-state index contributed by atoms with van der Waals surface area (Å²) in [6.07, 6.45) is 20.1. The first-order chi connectivity index (χ1) is 10.8. The molecule has 0 atom stereocenters. The highest BCUT2D eigenvalue weighted by Crippen LogP contribution is 2.58. The first kappa shape index (κ1) is 14.9. The summed E-state index contributed by atoms with van der Waals surface area (Å²) >= 11 is 0. The molecule has 0 N–H and O–H groups in total. The molecule has 22 heavy (non-hydrogen) atoms. The molecule has 3 aliphatic rings. The lowest BCUT2D eigenvalue weighted by molar-refractivity contribution is 0.681. The van der Waals surface area contributed by atoms with Crippen molar-refractivity contribution < 1.29 is 0 Å². The number of aryl methyl sites for hydroxylation is 1. The fourth-order valence-corrected chi connectivity index (χ4v) is 7.40. The largest absolute Gasteiger partial charge is 0.392 e. The van der Waals surface area contributed by atoms with Crippen molar-refractivity contribution in [1.82, 2.24) is 4.57 Å². The van der Waals surface area contributed by atoms with Gasteiger partial charge in [-0.2, -0.15) is 17.5 Å². The number of hydrogen-bond acceptors (Lipinski definition) is 0. The van der Waals surface area contributed by atoms with Gasteiger partial charge in [-0.1, -0.05) is 83.1 Å². The van der Waals surface area contributed by atoms with Crippen LogP contribution in [0.1, 0.15) is 77.0 Å². The monoisotopic (exact) mass is 298 g/mol. The number of nitrogens with zero attached hydrogens (tertiary/aromatic N) is 1. The second kappa shape index (κ2) is 6.09. The Bertz CT molecular complexity index is 447. The van der Waals surface area contributed by atoms with Gasteiger partial charge in [0, 0.05) is 7.05 Å². The highest BCUT2D eigenvalue weighted by atomic mass is 14.9. The second-order valence-corrected chi connectivity index (χ2v) is 8.75. The average Bonchev–Trinajstić information content (AvgIpc) is 3.32. The van der Waals surface area contributed by atoms with Crippen LogP contribution in [-0.4, -0.2) is 10.7 Å². The third-order valence-electron chi connectivity index (χ3n) is 8.04. The first-order valence-corrected chi connectivity index (χ1v) is 10.1. The van der Waals surface area contributed by atoms with Crippen molar-refractivity contribution in [3.63, 3.8) is 0 Å². The zero-order chi connectivity index (χ0) is 15.0. The average molecular weight is 298 g/mol. The zero-order valence-electron chi connectivity index (χ0n) is 14.5. The molecule has 3 fully saturated rings. The van der Waals surface area contributed by atoms with Crippen LogP contribution >= 0.6 is 0 Å². The molecule has 3 saturated carbocycles. The van der Waals surface area contributed by atoms with Crippen LogP contribution in [0.5, 0.6) is 0 Å². The molecular weight excluding hydrogens is 265 g/mol. The Labute approximate surface area is 136 Å². The van der Waals surface area contributed by atoms with Crippen molar-refractivity contribution in [3.05, 3.63) is 18.3 Å². The van der Waals surface area contributed by atoms with Crippen molar-refractivity contribution in [2.45, 2.75) is 94.5 Å². The van der Waals surface area contributed by atoms with E-state index in [0.29, 0.717) is 0 Å². The van der Waals surface area contributed by atoms with Gasteiger partial charge in [-0.25, -0.2) is 0 Å². The van der Waals surface area contributed by atoms with Crippen molar-refractivity contribution in [1.29, 1.82) is 0 Å².